The van der Waals surface area contributed by atoms with Gasteiger partial charge in [-0.2, -0.15) is 0 Å². The average molecular weight is 262 g/mol. The Balaban J connectivity index is 1.64. The summed E-state index contributed by atoms with van der Waals surface area (Å²) in [5.41, 5.74) is 1.06. The van der Waals surface area contributed by atoms with E-state index in [0.29, 0.717) is 12.5 Å². The van der Waals surface area contributed by atoms with Crippen LogP contribution in [0.15, 0.2) is 24.5 Å². The van der Waals surface area contributed by atoms with Gasteiger partial charge in [0.1, 0.15) is 0 Å². The van der Waals surface area contributed by atoms with Crippen LogP contribution in [-0.4, -0.2) is 42.6 Å². The van der Waals surface area contributed by atoms with Crippen LogP contribution in [0.3, 0.4) is 0 Å². The van der Waals surface area contributed by atoms with Crippen LogP contribution in [0.2, 0.25) is 0 Å². The molecule has 5 nitrogen and oxygen atoms in total. The molecule has 104 valence electrons. The van der Waals surface area contributed by atoms with Gasteiger partial charge in [0.15, 0.2) is 0 Å². The van der Waals surface area contributed by atoms with Gasteiger partial charge in [0.05, 0.1) is 0 Å². The fraction of sp³-hybridized carbons (Fsp3) is 0.571. The van der Waals surface area contributed by atoms with E-state index in [1.807, 2.05) is 12.1 Å². The summed E-state index contributed by atoms with van der Waals surface area (Å²) in [5, 5.41) is 5.81. The van der Waals surface area contributed by atoms with Gasteiger partial charge in [-0.25, -0.2) is 4.79 Å². The quantitative estimate of drug-likeness (QED) is 0.858. The van der Waals surface area contributed by atoms with Gasteiger partial charge in [0.2, 0.25) is 0 Å². The monoisotopic (exact) mass is 262 g/mol. The highest BCUT2D eigenvalue weighted by Crippen LogP contribution is 2.13. The SMILES string of the molecule is CN1CCC[C@H](CNC(=O)NCc2ccncc2)C1. The van der Waals surface area contributed by atoms with Crippen molar-refractivity contribution in [2.24, 2.45) is 5.92 Å². The van der Waals surface area contributed by atoms with Crippen LogP contribution >= 0.6 is 0 Å². The average Bonchev–Trinajstić information content (AvgIpc) is 2.44. The zero-order valence-corrected chi connectivity index (χ0v) is 11.4. The Bertz CT molecular complexity index is 396. The zero-order valence-electron chi connectivity index (χ0n) is 11.4. The Morgan fingerprint density at radius 3 is 2.95 bits per heavy atom. The van der Waals surface area contributed by atoms with E-state index in [4.69, 9.17) is 0 Å². The van der Waals surface area contributed by atoms with E-state index in [-0.39, 0.29) is 6.03 Å². The van der Waals surface area contributed by atoms with Gasteiger partial charge < -0.3 is 15.5 Å². The summed E-state index contributed by atoms with van der Waals surface area (Å²) < 4.78 is 0. The molecule has 19 heavy (non-hydrogen) atoms. The molecule has 0 spiro atoms. The van der Waals surface area contributed by atoms with E-state index in [1.54, 1.807) is 12.4 Å². The summed E-state index contributed by atoms with van der Waals surface area (Å²) in [5.74, 6) is 0.574. The predicted molar refractivity (Wildman–Crippen MR) is 74.7 cm³/mol. The highest BCUT2D eigenvalue weighted by molar-refractivity contribution is 5.73. The van der Waals surface area contributed by atoms with Crippen LogP contribution in [0.5, 0.6) is 0 Å². The van der Waals surface area contributed by atoms with Crippen LogP contribution in [-0.2, 0) is 6.54 Å². The number of pyridine rings is 1. The number of carbonyl (C=O) groups is 1. The van der Waals surface area contributed by atoms with Crippen molar-refractivity contribution < 1.29 is 4.79 Å². The van der Waals surface area contributed by atoms with E-state index in [1.165, 1.54) is 19.4 Å². The first-order chi connectivity index (χ1) is 9.24. The van der Waals surface area contributed by atoms with E-state index < -0.39 is 0 Å². The standard InChI is InChI=1S/C14H22N4O/c1-18-8-2-3-13(11-18)10-17-14(19)16-9-12-4-6-15-7-5-12/h4-7,13H,2-3,8-11H2,1H3,(H2,16,17,19)/t13-/m1/s1. The summed E-state index contributed by atoms with van der Waals surface area (Å²) in [7, 11) is 2.13. The van der Waals surface area contributed by atoms with Gasteiger partial charge in [0, 0.05) is 32.0 Å². The number of nitrogens with one attached hydrogen (secondary N) is 2. The van der Waals surface area contributed by atoms with E-state index in [2.05, 4.69) is 27.6 Å². The number of hydrogen-bond donors (Lipinski definition) is 2. The molecule has 0 bridgehead atoms. The van der Waals surface area contributed by atoms with Gasteiger partial charge in [-0.1, -0.05) is 0 Å². The maximum absolute atomic E-state index is 11.7. The first kappa shape index (κ1) is 13.8. The number of hydrogen-bond acceptors (Lipinski definition) is 3. The summed E-state index contributed by atoms with van der Waals surface area (Å²) in [6.45, 7) is 3.54. The number of amides is 2. The molecule has 2 rings (SSSR count). The molecular formula is C14H22N4O. The molecule has 2 heterocycles. The van der Waals surface area contributed by atoms with E-state index in [9.17, 15) is 4.79 Å². The Labute approximate surface area is 114 Å². The smallest absolute Gasteiger partial charge is 0.315 e. The molecule has 2 N–H and O–H groups in total. The lowest BCUT2D eigenvalue weighted by Crippen LogP contribution is -2.42. The highest BCUT2D eigenvalue weighted by atomic mass is 16.2. The Morgan fingerprint density at radius 1 is 1.42 bits per heavy atom. The molecule has 0 aliphatic carbocycles. The molecule has 0 saturated carbocycles. The number of urea groups is 1. The second-order valence-corrected chi connectivity index (χ2v) is 5.19. The Morgan fingerprint density at radius 2 is 2.21 bits per heavy atom. The molecule has 1 atom stereocenters. The second-order valence-electron chi connectivity index (χ2n) is 5.19. The molecule has 1 saturated heterocycles. The van der Waals surface area contributed by atoms with Gasteiger partial charge in [-0.3, -0.25) is 4.98 Å². The number of likely N-dealkylation sites (tertiary alicyclic amines) is 1. The summed E-state index contributed by atoms with van der Waals surface area (Å²) in [4.78, 5) is 18.0. The fourth-order valence-corrected chi connectivity index (χ4v) is 2.42. The van der Waals surface area contributed by atoms with Gasteiger partial charge in [-0.05, 0) is 50.0 Å². The third kappa shape index (κ3) is 4.87. The van der Waals surface area contributed by atoms with E-state index >= 15 is 0 Å². The molecule has 0 radical (unpaired) electrons. The van der Waals surface area contributed by atoms with Crippen LogP contribution < -0.4 is 10.6 Å². The van der Waals surface area contributed by atoms with Gasteiger partial charge in [0.25, 0.3) is 0 Å². The lowest BCUT2D eigenvalue weighted by atomic mass is 9.99. The number of nitrogens with zero attached hydrogens (tertiary/aromatic N) is 2. The number of aromatic nitrogens is 1. The summed E-state index contributed by atoms with van der Waals surface area (Å²) in [6.07, 6.45) is 5.88. The maximum atomic E-state index is 11.7. The number of rotatable bonds is 4. The highest BCUT2D eigenvalue weighted by Gasteiger charge is 2.17. The van der Waals surface area contributed by atoms with Crippen molar-refractivity contribution in [1.82, 2.24) is 20.5 Å². The molecule has 5 heteroatoms. The first-order valence-corrected chi connectivity index (χ1v) is 6.83. The van der Waals surface area contributed by atoms with Crippen LogP contribution in [0.4, 0.5) is 4.79 Å². The van der Waals surface area contributed by atoms with Crippen molar-refractivity contribution in [3.63, 3.8) is 0 Å². The van der Waals surface area contributed by atoms with Gasteiger partial charge >= 0.3 is 6.03 Å². The largest absolute Gasteiger partial charge is 0.338 e. The molecule has 1 fully saturated rings. The van der Waals surface area contributed by atoms with Crippen LogP contribution in [0.25, 0.3) is 0 Å². The van der Waals surface area contributed by atoms with Crippen molar-refractivity contribution in [3.05, 3.63) is 30.1 Å². The third-order valence-electron chi connectivity index (χ3n) is 3.48. The minimum Gasteiger partial charge on any atom is -0.338 e. The summed E-state index contributed by atoms with van der Waals surface area (Å²) in [6, 6.07) is 3.71. The second kappa shape index (κ2) is 7.09. The molecule has 1 aromatic heterocycles. The lowest BCUT2D eigenvalue weighted by Gasteiger charge is -2.29. The van der Waals surface area contributed by atoms with Crippen molar-refractivity contribution in [2.45, 2.75) is 19.4 Å². The van der Waals surface area contributed by atoms with Crippen molar-refractivity contribution >= 4 is 6.03 Å². The lowest BCUT2D eigenvalue weighted by molar-refractivity contribution is 0.202. The maximum Gasteiger partial charge on any atom is 0.315 e. The molecule has 1 aromatic rings. The first-order valence-electron chi connectivity index (χ1n) is 6.83. The van der Waals surface area contributed by atoms with Gasteiger partial charge in [-0.15, -0.1) is 0 Å². The summed E-state index contributed by atoms with van der Waals surface area (Å²) >= 11 is 0. The van der Waals surface area contributed by atoms with Crippen molar-refractivity contribution in [2.75, 3.05) is 26.7 Å². The molecule has 0 unspecified atom stereocenters. The predicted octanol–water partition coefficient (Wildman–Crippen LogP) is 1.22. The van der Waals surface area contributed by atoms with Crippen molar-refractivity contribution in [3.8, 4) is 0 Å². The van der Waals surface area contributed by atoms with Crippen LogP contribution in [0, 0.1) is 5.92 Å². The third-order valence-corrected chi connectivity index (χ3v) is 3.48. The minimum absolute atomic E-state index is 0.0926. The zero-order chi connectivity index (χ0) is 13.5. The molecular weight excluding hydrogens is 240 g/mol. The molecule has 0 aromatic carbocycles. The Kier molecular flexibility index (Phi) is 5.15. The fourth-order valence-electron chi connectivity index (χ4n) is 2.42. The Hall–Kier alpha value is -1.62. The number of piperidine rings is 1. The topological polar surface area (TPSA) is 57.3 Å². The van der Waals surface area contributed by atoms with Crippen molar-refractivity contribution in [1.29, 1.82) is 0 Å². The molecule has 2 amide bonds. The van der Waals surface area contributed by atoms with E-state index in [0.717, 1.165) is 18.7 Å². The van der Waals surface area contributed by atoms with Crippen LogP contribution in [0.1, 0.15) is 18.4 Å². The number of carbonyl (C=O) groups excluding carboxylic acids is 1. The molecule has 1 aliphatic rings. The normalized spacial score (nSPS) is 19.9. The minimum atomic E-state index is -0.0926. The molecule has 1 aliphatic heterocycles.